The van der Waals surface area contributed by atoms with Gasteiger partial charge >= 0.3 is 0 Å². The third-order valence-electron chi connectivity index (χ3n) is 4.52. The van der Waals surface area contributed by atoms with Crippen LogP contribution in [0.2, 0.25) is 0 Å². The lowest BCUT2D eigenvalue weighted by molar-refractivity contribution is 0.0263. The highest BCUT2D eigenvalue weighted by Gasteiger charge is 2.23. The first-order valence-corrected chi connectivity index (χ1v) is 10.4. The Morgan fingerprint density at radius 3 is 2.48 bits per heavy atom. The van der Waals surface area contributed by atoms with E-state index in [1.165, 1.54) is 4.31 Å². The summed E-state index contributed by atoms with van der Waals surface area (Å²) in [6, 6.07) is 7.07. The zero-order chi connectivity index (χ0) is 19.2. The fourth-order valence-corrected chi connectivity index (χ4v) is 4.19. The molecule has 1 aliphatic heterocycles. The molecular formula is C18H31IN4O3S. The van der Waals surface area contributed by atoms with Gasteiger partial charge in [-0.2, -0.15) is 0 Å². The van der Waals surface area contributed by atoms with Gasteiger partial charge in [0, 0.05) is 47.4 Å². The quantitative estimate of drug-likeness (QED) is 0.361. The van der Waals surface area contributed by atoms with Crippen LogP contribution in [-0.2, 0) is 21.3 Å². The maximum atomic E-state index is 12.5. The van der Waals surface area contributed by atoms with E-state index in [0.717, 1.165) is 44.1 Å². The Morgan fingerprint density at radius 2 is 1.93 bits per heavy atom. The Hall–Kier alpha value is -0.910. The first-order chi connectivity index (χ1) is 12.4. The zero-order valence-corrected chi connectivity index (χ0v) is 19.7. The molecule has 0 spiro atoms. The first kappa shape index (κ1) is 24.1. The van der Waals surface area contributed by atoms with Crippen LogP contribution in [0.5, 0.6) is 0 Å². The number of halogens is 1. The summed E-state index contributed by atoms with van der Waals surface area (Å²) >= 11 is 0. The topological polar surface area (TPSA) is 74.2 Å². The third-order valence-corrected chi connectivity index (χ3v) is 6.44. The van der Waals surface area contributed by atoms with Crippen molar-refractivity contribution in [2.75, 3.05) is 40.8 Å². The fraction of sp³-hybridized carbons (Fsp3) is 0.611. The van der Waals surface area contributed by atoms with Crippen LogP contribution in [0.3, 0.4) is 0 Å². The maximum absolute atomic E-state index is 12.5. The summed E-state index contributed by atoms with van der Waals surface area (Å²) in [5, 5.41) is 3.31. The zero-order valence-electron chi connectivity index (χ0n) is 16.5. The molecule has 0 atom stereocenters. The van der Waals surface area contributed by atoms with Gasteiger partial charge in [-0.25, -0.2) is 12.7 Å². The van der Waals surface area contributed by atoms with E-state index in [0.29, 0.717) is 17.5 Å². The van der Waals surface area contributed by atoms with Gasteiger partial charge in [0.1, 0.15) is 0 Å². The second kappa shape index (κ2) is 11.2. The number of sulfonamides is 1. The molecule has 1 heterocycles. The molecule has 0 aliphatic carbocycles. The Morgan fingerprint density at radius 1 is 1.30 bits per heavy atom. The van der Waals surface area contributed by atoms with E-state index in [1.54, 1.807) is 33.3 Å². The van der Waals surface area contributed by atoms with Gasteiger partial charge in [-0.1, -0.05) is 18.2 Å². The Kier molecular flexibility index (Phi) is 9.99. The largest absolute Gasteiger partial charge is 0.378 e. The minimum atomic E-state index is -3.48. The van der Waals surface area contributed by atoms with Crippen molar-refractivity contribution in [2.45, 2.75) is 37.3 Å². The van der Waals surface area contributed by atoms with Gasteiger partial charge in [0.15, 0.2) is 5.96 Å². The number of rotatable bonds is 6. The molecule has 0 aromatic heterocycles. The Labute approximate surface area is 180 Å². The van der Waals surface area contributed by atoms with E-state index in [4.69, 9.17) is 4.74 Å². The number of hydrogen-bond acceptors (Lipinski definition) is 4. The molecule has 7 nitrogen and oxygen atoms in total. The lowest BCUT2D eigenvalue weighted by Gasteiger charge is -2.34. The first-order valence-electron chi connectivity index (χ1n) is 8.97. The van der Waals surface area contributed by atoms with Crippen LogP contribution in [0.4, 0.5) is 0 Å². The van der Waals surface area contributed by atoms with Gasteiger partial charge in [-0.3, -0.25) is 4.99 Å². The number of likely N-dealkylation sites (tertiary alicyclic amines) is 1. The average molecular weight is 510 g/mol. The average Bonchev–Trinajstić information content (AvgIpc) is 2.64. The van der Waals surface area contributed by atoms with Crippen molar-refractivity contribution in [1.82, 2.24) is 14.5 Å². The predicted octanol–water partition coefficient (Wildman–Crippen LogP) is 2.13. The van der Waals surface area contributed by atoms with E-state index < -0.39 is 10.0 Å². The molecule has 0 saturated carbocycles. The molecule has 1 N–H and O–H groups in total. The molecule has 2 rings (SSSR count). The van der Waals surface area contributed by atoms with Crippen molar-refractivity contribution in [3.05, 3.63) is 29.8 Å². The van der Waals surface area contributed by atoms with Gasteiger partial charge in [-0.05, 0) is 31.4 Å². The van der Waals surface area contributed by atoms with E-state index in [-0.39, 0.29) is 24.0 Å². The lowest BCUT2D eigenvalue weighted by Crippen LogP contribution is -2.46. The monoisotopic (exact) mass is 510 g/mol. The second-order valence-electron chi connectivity index (χ2n) is 6.44. The number of hydrogen-bond donors (Lipinski definition) is 1. The number of benzene rings is 1. The molecule has 0 bridgehead atoms. The normalized spacial score (nSPS) is 16.3. The van der Waals surface area contributed by atoms with E-state index in [2.05, 4.69) is 15.2 Å². The highest BCUT2D eigenvalue weighted by molar-refractivity contribution is 14.0. The minimum absolute atomic E-state index is 0. The van der Waals surface area contributed by atoms with E-state index in [9.17, 15) is 8.42 Å². The fourth-order valence-electron chi connectivity index (χ4n) is 3.07. The molecule has 154 valence electrons. The summed E-state index contributed by atoms with van der Waals surface area (Å²) in [7, 11) is 1.36. The lowest BCUT2D eigenvalue weighted by atomic mass is 10.1. The SMILES string of the molecule is CCOC1CCN(C(=NC)NCc2ccccc2S(=O)(=O)N(C)C)CC1.I. The van der Waals surface area contributed by atoms with Gasteiger partial charge in [-0.15, -0.1) is 24.0 Å². The van der Waals surface area contributed by atoms with Crippen LogP contribution in [0, 0.1) is 0 Å². The molecule has 9 heteroatoms. The van der Waals surface area contributed by atoms with E-state index in [1.807, 2.05) is 19.1 Å². The van der Waals surface area contributed by atoms with Crippen molar-refractivity contribution < 1.29 is 13.2 Å². The minimum Gasteiger partial charge on any atom is -0.378 e. The third kappa shape index (κ3) is 6.30. The molecule has 1 saturated heterocycles. The van der Waals surface area contributed by atoms with Crippen LogP contribution in [0.15, 0.2) is 34.2 Å². The predicted molar refractivity (Wildman–Crippen MR) is 119 cm³/mol. The standard InChI is InChI=1S/C18H30N4O3S.HI/c1-5-25-16-10-12-22(13-11-16)18(19-2)20-14-15-8-6-7-9-17(15)26(23,24)21(3)4;/h6-9,16H,5,10-14H2,1-4H3,(H,19,20);1H. The summed E-state index contributed by atoms with van der Waals surface area (Å²) in [5.41, 5.74) is 0.728. The van der Waals surface area contributed by atoms with Crippen LogP contribution < -0.4 is 5.32 Å². The summed E-state index contributed by atoms with van der Waals surface area (Å²) in [4.78, 5) is 6.87. The van der Waals surface area contributed by atoms with Gasteiger partial charge in [0.2, 0.25) is 10.0 Å². The number of aliphatic imine (C=N–C) groups is 1. The molecule has 0 radical (unpaired) electrons. The Bertz CT molecular complexity index is 717. The molecule has 1 aliphatic rings. The number of nitrogens with one attached hydrogen (secondary N) is 1. The summed E-state index contributed by atoms with van der Waals surface area (Å²) in [6.45, 7) is 4.92. The molecule has 0 unspecified atom stereocenters. The highest BCUT2D eigenvalue weighted by atomic mass is 127. The van der Waals surface area contributed by atoms with Crippen molar-refractivity contribution in [3.63, 3.8) is 0 Å². The molecular weight excluding hydrogens is 479 g/mol. The molecule has 0 amide bonds. The number of piperidine rings is 1. The van der Waals surface area contributed by atoms with Crippen molar-refractivity contribution >= 4 is 40.0 Å². The van der Waals surface area contributed by atoms with Crippen molar-refractivity contribution in [3.8, 4) is 0 Å². The van der Waals surface area contributed by atoms with Gasteiger partial charge in [0.05, 0.1) is 11.0 Å². The van der Waals surface area contributed by atoms with Crippen LogP contribution in [-0.4, -0.2) is 70.5 Å². The second-order valence-corrected chi connectivity index (χ2v) is 8.56. The molecule has 27 heavy (non-hydrogen) atoms. The van der Waals surface area contributed by atoms with Crippen molar-refractivity contribution in [2.24, 2.45) is 4.99 Å². The number of ether oxygens (including phenoxy) is 1. The van der Waals surface area contributed by atoms with Gasteiger partial charge in [0.25, 0.3) is 0 Å². The van der Waals surface area contributed by atoms with Crippen LogP contribution in [0.25, 0.3) is 0 Å². The van der Waals surface area contributed by atoms with E-state index >= 15 is 0 Å². The van der Waals surface area contributed by atoms with Crippen LogP contribution in [0.1, 0.15) is 25.3 Å². The number of guanidine groups is 1. The van der Waals surface area contributed by atoms with Gasteiger partial charge < -0.3 is 15.0 Å². The highest BCUT2D eigenvalue weighted by Crippen LogP contribution is 2.19. The maximum Gasteiger partial charge on any atom is 0.242 e. The summed E-state index contributed by atoms with van der Waals surface area (Å²) < 4.78 is 31.9. The molecule has 1 aromatic carbocycles. The van der Waals surface area contributed by atoms with Crippen LogP contribution >= 0.6 is 24.0 Å². The molecule has 1 fully saturated rings. The smallest absolute Gasteiger partial charge is 0.242 e. The molecule has 1 aromatic rings. The van der Waals surface area contributed by atoms with Crippen molar-refractivity contribution in [1.29, 1.82) is 0 Å². The summed E-state index contributed by atoms with van der Waals surface area (Å²) in [5.74, 6) is 0.789. The summed E-state index contributed by atoms with van der Waals surface area (Å²) in [6.07, 6.45) is 2.26. The number of nitrogens with zero attached hydrogens (tertiary/aromatic N) is 3. The Balaban J connectivity index is 0.00000364.